The number of carbonyl (C=O) groups is 1. The van der Waals surface area contributed by atoms with Crippen molar-refractivity contribution in [1.82, 2.24) is 9.97 Å². The van der Waals surface area contributed by atoms with E-state index in [0.29, 0.717) is 6.61 Å². The maximum atomic E-state index is 11.2. The average Bonchev–Trinajstić information content (AvgIpc) is 2.89. The van der Waals surface area contributed by atoms with Gasteiger partial charge in [-0.3, -0.25) is 4.79 Å². The molecule has 0 bridgehead atoms. The number of ether oxygens (including phenoxy) is 1. The van der Waals surface area contributed by atoms with E-state index in [2.05, 4.69) is 23.8 Å². The van der Waals surface area contributed by atoms with E-state index in [4.69, 9.17) is 10.5 Å². The van der Waals surface area contributed by atoms with E-state index >= 15 is 0 Å². The summed E-state index contributed by atoms with van der Waals surface area (Å²) in [5.74, 6) is -0.107. The van der Waals surface area contributed by atoms with Crippen LogP contribution in [-0.2, 0) is 22.6 Å². The SMILES string of the molecule is CC[C@@]1(C)Cc2c(sc3nc(SC)nc(SCC(N)=O)c23)CO1. The predicted molar refractivity (Wildman–Crippen MR) is 96.3 cm³/mol. The van der Waals surface area contributed by atoms with Crippen molar-refractivity contribution >= 4 is 51.0 Å². The van der Waals surface area contributed by atoms with Gasteiger partial charge in [0.25, 0.3) is 0 Å². The maximum absolute atomic E-state index is 11.2. The van der Waals surface area contributed by atoms with Gasteiger partial charge in [-0.25, -0.2) is 9.97 Å². The molecule has 124 valence electrons. The van der Waals surface area contributed by atoms with Crippen molar-refractivity contribution in [2.24, 2.45) is 5.73 Å². The lowest BCUT2D eigenvalue weighted by Crippen LogP contribution is -2.33. The third-order valence-corrected chi connectivity index (χ3v) is 6.71. The van der Waals surface area contributed by atoms with Crippen LogP contribution in [-0.4, -0.2) is 33.5 Å². The summed E-state index contributed by atoms with van der Waals surface area (Å²) in [7, 11) is 0. The van der Waals surface area contributed by atoms with E-state index in [1.165, 1.54) is 34.0 Å². The summed E-state index contributed by atoms with van der Waals surface area (Å²) in [6.07, 6.45) is 3.76. The fourth-order valence-corrected chi connectivity index (χ4v) is 5.02. The second-order valence-corrected chi connectivity index (χ2v) is 8.54. The first-order valence-electron chi connectivity index (χ1n) is 7.37. The highest BCUT2D eigenvalue weighted by Gasteiger charge is 2.33. The second kappa shape index (κ2) is 6.58. The van der Waals surface area contributed by atoms with Gasteiger partial charge >= 0.3 is 0 Å². The number of rotatable bonds is 5. The van der Waals surface area contributed by atoms with E-state index in [1.807, 2.05) is 6.26 Å². The van der Waals surface area contributed by atoms with Crippen molar-refractivity contribution in [3.63, 3.8) is 0 Å². The third-order valence-electron chi connectivity index (χ3n) is 4.06. The highest BCUT2D eigenvalue weighted by Crippen LogP contribution is 2.42. The number of aromatic nitrogens is 2. The lowest BCUT2D eigenvalue weighted by atomic mass is 9.90. The smallest absolute Gasteiger partial charge is 0.227 e. The van der Waals surface area contributed by atoms with Crippen molar-refractivity contribution in [3.05, 3.63) is 10.4 Å². The molecular formula is C15H19N3O2S3. The zero-order valence-electron chi connectivity index (χ0n) is 13.3. The Morgan fingerprint density at radius 3 is 2.91 bits per heavy atom. The molecule has 1 amide bonds. The highest BCUT2D eigenvalue weighted by molar-refractivity contribution is 8.00. The number of primary amides is 1. The number of fused-ring (bicyclic) bond motifs is 3. The van der Waals surface area contributed by atoms with Crippen LogP contribution in [0.2, 0.25) is 0 Å². The molecule has 0 spiro atoms. The summed E-state index contributed by atoms with van der Waals surface area (Å²) in [4.78, 5) is 22.6. The standard InChI is InChI=1S/C15H19N3O2S3/c1-4-15(2)5-8-9(6-20-15)23-13-11(8)12(22-7-10(16)19)17-14(18-13)21-3/h4-7H2,1-3H3,(H2,16,19)/t15-/m0/s1. The summed E-state index contributed by atoms with van der Waals surface area (Å²) >= 11 is 4.58. The molecule has 0 aliphatic carbocycles. The van der Waals surface area contributed by atoms with Crippen LogP contribution < -0.4 is 5.73 Å². The summed E-state index contributed by atoms with van der Waals surface area (Å²) in [5, 5.41) is 2.66. The number of thiophene rings is 1. The number of nitrogens with two attached hydrogens (primary N) is 1. The Morgan fingerprint density at radius 2 is 2.26 bits per heavy atom. The van der Waals surface area contributed by atoms with Crippen molar-refractivity contribution in [3.8, 4) is 0 Å². The quantitative estimate of drug-likeness (QED) is 0.495. The van der Waals surface area contributed by atoms with Gasteiger partial charge in [-0.1, -0.05) is 30.4 Å². The number of hydrogen-bond acceptors (Lipinski definition) is 7. The lowest BCUT2D eigenvalue weighted by molar-refractivity contribution is -0.115. The molecule has 0 saturated heterocycles. The Labute approximate surface area is 147 Å². The van der Waals surface area contributed by atoms with E-state index < -0.39 is 0 Å². The summed E-state index contributed by atoms with van der Waals surface area (Å²) in [6.45, 7) is 4.91. The maximum Gasteiger partial charge on any atom is 0.227 e. The van der Waals surface area contributed by atoms with Crippen LogP contribution in [0, 0.1) is 0 Å². The molecule has 1 aliphatic rings. The Morgan fingerprint density at radius 1 is 1.48 bits per heavy atom. The topological polar surface area (TPSA) is 78.1 Å². The van der Waals surface area contributed by atoms with Gasteiger partial charge in [0.15, 0.2) is 5.16 Å². The minimum atomic E-state index is -0.335. The van der Waals surface area contributed by atoms with Crippen molar-refractivity contribution in [2.75, 3.05) is 12.0 Å². The van der Waals surface area contributed by atoms with Crippen LogP contribution in [0.1, 0.15) is 30.7 Å². The van der Waals surface area contributed by atoms with Crippen LogP contribution in [0.3, 0.4) is 0 Å². The van der Waals surface area contributed by atoms with Crippen LogP contribution in [0.4, 0.5) is 0 Å². The number of carbonyl (C=O) groups excluding carboxylic acids is 1. The van der Waals surface area contributed by atoms with E-state index in [-0.39, 0.29) is 17.3 Å². The Balaban J connectivity index is 2.12. The Bertz CT molecular complexity index is 762. The van der Waals surface area contributed by atoms with Gasteiger partial charge < -0.3 is 10.5 Å². The minimum Gasteiger partial charge on any atom is -0.369 e. The molecule has 0 unspecified atom stereocenters. The van der Waals surface area contributed by atoms with Crippen molar-refractivity contribution in [2.45, 2.75) is 49.1 Å². The van der Waals surface area contributed by atoms with Crippen molar-refractivity contribution < 1.29 is 9.53 Å². The number of amides is 1. The highest BCUT2D eigenvalue weighted by atomic mass is 32.2. The number of hydrogen-bond donors (Lipinski definition) is 1. The summed E-state index contributed by atoms with van der Waals surface area (Å²) < 4.78 is 6.04. The largest absolute Gasteiger partial charge is 0.369 e. The van der Waals surface area contributed by atoms with Crippen LogP contribution >= 0.6 is 34.9 Å². The molecule has 2 aromatic rings. The molecule has 0 aromatic carbocycles. The Kier molecular flexibility index (Phi) is 4.87. The molecule has 1 atom stereocenters. The molecule has 0 saturated carbocycles. The molecule has 5 nitrogen and oxygen atoms in total. The summed E-state index contributed by atoms with van der Waals surface area (Å²) in [6, 6.07) is 0. The first-order chi connectivity index (χ1) is 11.0. The molecule has 0 radical (unpaired) electrons. The molecule has 8 heteroatoms. The molecule has 2 N–H and O–H groups in total. The molecule has 1 aliphatic heterocycles. The fraction of sp³-hybridized carbons (Fsp3) is 0.533. The van der Waals surface area contributed by atoms with Crippen molar-refractivity contribution in [1.29, 1.82) is 0 Å². The fourth-order valence-electron chi connectivity index (χ4n) is 2.58. The van der Waals surface area contributed by atoms with Gasteiger partial charge in [0.05, 0.1) is 18.0 Å². The summed E-state index contributed by atoms with van der Waals surface area (Å²) in [5.41, 5.74) is 6.44. The normalized spacial score (nSPS) is 20.7. The zero-order valence-corrected chi connectivity index (χ0v) is 15.8. The predicted octanol–water partition coefficient (Wildman–Crippen LogP) is 3.23. The average molecular weight is 370 g/mol. The number of thioether (sulfide) groups is 2. The molecular weight excluding hydrogens is 350 g/mol. The van der Waals surface area contributed by atoms with Gasteiger partial charge in [-0.15, -0.1) is 11.3 Å². The van der Waals surface area contributed by atoms with Gasteiger partial charge in [0.2, 0.25) is 5.91 Å². The van der Waals surface area contributed by atoms with Gasteiger partial charge in [0.1, 0.15) is 9.86 Å². The molecule has 23 heavy (non-hydrogen) atoms. The van der Waals surface area contributed by atoms with Crippen LogP contribution in [0.25, 0.3) is 10.2 Å². The van der Waals surface area contributed by atoms with E-state index in [1.54, 1.807) is 11.3 Å². The first kappa shape index (κ1) is 17.0. The first-order valence-corrected chi connectivity index (χ1v) is 10.4. The lowest BCUT2D eigenvalue weighted by Gasteiger charge is -2.33. The molecule has 0 fully saturated rings. The van der Waals surface area contributed by atoms with Gasteiger partial charge in [0, 0.05) is 16.7 Å². The van der Waals surface area contributed by atoms with Crippen LogP contribution in [0.15, 0.2) is 10.2 Å². The molecule has 3 heterocycles. The van der Waals surface area contributed by atoms with Gasteiger partial charge in [-0.2, -0.15) is 0 Å². The van der Waals surface area contributed by atoms with E-state index in [0.717, 1.165) is 33.2 Å². The molecule has 2 aromatic heterocycles. The van der Waals surface area contributed by atoms with Crippen LogP contribution in [0.5, 0.6) is 0 Å². The monoisotopic (exact) mass is 369 g/mol. The second-order valence-electron chi connectivity index (χ2n) is 5.72. The molecule has 3 rings (SSSR count). The third kappa shape index (κ3) is 3.35. The van der Waals surface area contributed by atoms with E-state index in [9.17, 15) is 4.79 Å². The minimum absolute atomic E-state index is 0.148. The van der Waals surface area contributed by atoms with Gasteiger partial charge in [-0.05, 0) is 25.2 Å². The Hall–Kier alpha value is -0.830. The number of nitrogens with zero attached hydrogens (tertiary/aromatic N) is 2. The zero-order chi connectivity index (χ0) is 16.6.